The van der Waals surface area contributed by atoms with Crippen molar-refractivity contribution in [3.05, 3.63) is 44.0 Å². The Morgan fingerprint density at radius 3 is 2.83 bits per heavy atom. The fraction of sp³-hybridized carbons (Fsp3) is 0.333. The van der Waals surface area contributed by atoms with Crippen LogP contribution in [-0.4, -0.2) is 24.3 Å². The number of aromatic amines is 1. The zero-order chi connectivity index (χ0) is 13.3. The molecule has 0 amide bonds. The number of aryl methyl sites for hydroxylation is 2. The van der Waals surface area contributed by atoms with Crippen molar-refractivity contribution in [2.24, 2.45) is 7.05 Å². The molecule has 2 heterocycles. The first kappa shape index (κ1) is 12.5. The predicted octanol–water partition coefficient (Wildman–Crippen LogP) is -0.300. The summed E-state index contributed by atoms with van der Waals surface area (Å²) >= 11 is 5.35. The molecule has 2 aromatic rings. The van der Waals surface area contributed by atoms with Gasteiger partial charge in [0.15, 0.2) is 5.15 Å². The Morgan fingerprint density at radius 1 is 1.50 bits per heavy atom. The van der Waals surface area contributed by atoms with Crippen LogP contribution in [0.2, 0.25) is 5.15 Å². The average molecular weight is 274 g/mol. The molecule has 0 atom stereocenters. The van der Waals surface area contributed by atoms with Gasteiger partial charge in [-0.2, -0.15) is 4.39 Å². The number of rotatable bonds is 3. The van der Waals surface area contributed by atoms with E-state index in [2.05, 4.69) is 10.2 Å². The van der Waals surface area contributed by atoms with E-state index in [0.717, 1.165) is 4.57 Å². The quantitative estimate of drug-likeness (QED) is 0.778. The maximum Gasteiger partial charge on any atom is 0.329 e. The molecule has 0 bridgehead atoms. The van der Waals surface area contributed by atoms with Gasteiger partial charge in [0.25, 0.3) is 5.56 Å². The topological polar surface area (TPSA) is 85.6 Å². The van der Waals surface area contributed by atoms with E-state index >= 15 is 0 Å². The molecule has 0 saturated heterocycles. The molecule has 0 fully saturated rings. The minimum atomic E-state index is -1.17. The summed E-state index contributed by atoms with van der Waals surface area (Å²) in [4.78, 5) is 25.0. The molecule has 96 valence electrons. The summed E-state index contributed by atoms with van der Waals surface area (Å²) in [6.07, 6.45) is 1.77. The fourth-order valence-electron chi connectivity index (χ4n) is 1.47. The van der Waals surface area contributed by atoms with Gasteiger partial charge in [-0.3, -0.25) is 14.3 Å². The Morgan fingerprint density at radius 2 is 2.22 bits per heavy atom. The first-order chi connectivity index (χ1) is 8.50. The Bertz CT molecular complexity index is 689. The molecule has 0 saturated carbocycles. The highest BCUT2D eigenvalue weighted by Gasteiger charge is 2.12. The van der Waals surface area contributed by atoms with Crippen molar-refractivity contribution >= 4 is 11.6 Å². The second-order valence-corrected chi connectivity index (χ2v) is 4.00. The van der Waals surface area contributed by atoms with Crippen LogP contribution in [0.1, 0.15) is 5.82 Å². The van der Waals surface area contributed by atoms with Crippen LogP contribution in [0.25, 0.3) is 0 Å². The van der Waals surface area contributed by atoms with E-state index in [1.807, 2.05) is 4.98 Å². The monoisotopic (exact) mass is 273 g/mol. The van der Waals surface area contributed by atoms with Crippen LogP contribution < -0.4 is 11.2 Å². The van der Waals surface area contributed by atoms with Gasteiger partial charge in [-0.05, 0) is 0 Å². The Balaban J connectivity index is 2.31. The standard InChI is InChI=1S/C9H9ClFN5O2/c1-15-4-12-14-5(15)2-3-16-8(17)6(11)7(10)13-9(16)18/h4H,2-3H2,1H3,(H,13,18). The number of nitrogens with one attached hydrogen (secondary N) is 1. The second-order valence-electron chi connectivity index (χ2n) is 3.62. The number of hydrogen-bond acceptors (Lipinski definition) is 4. The lowest BCUT2D eigenvalue weighted by molar-refractivity contribution is 0.531. The van der Waals surface area contributed by atoms with E-state index in [-0.39, 0.29) is 13.0 Å². The highest BCUT2D eigenvalue weighted by Crippen LogP contribution is 2.02. The van der Waals surface area contributed by atoms with Crippen molar-refractivity contribution in [1.29, 1.82) is 0 Å². The van der Waals surface area contributed by atoms with Crippen molar-refractivity contribution < 1.29 is 4.39 Å². The molecular weight excluding hydrogens is 265 g/mol. The van der Waals surface area contributed by atoms with E-state index in [0.29, 0.717) is 5.82 Å². The lowest BCUT2D eigenvalue weighted by Gasteiger charge is -2.04. The van der Waals surface area contributed by atoms with Gasteiger partial charge in [0.2, 0.25) is 5.82 Å². The third kappa shape index (κ3) is 2.19. The molecule has 0 aliphatic rings. The molecule has 18 heavy (non-hydrogen) atoms. The van der Waals surface area contributed by atoms with E-state index in [1.54, 1.807) is 11.6 Å². The van der Waals surface area contributed by atoms with Gasteiger partial charge in [-0.15, -0.1) is 10.2 Å². The Labute approximate surface area is 105 Å². The normalized spacial score (nSPS) is 10.8. The number of nitrogens with zero attached hydrogens (tertiary/aromatic N) is 4. The molecule has 0 radical (unpaired) electrons. The fourth-order valence-corrected chi connectivity index (χ4v) is 1.63. The average Bonchev–Trinajstić information content (AvgIpc) is 2.72. The van der Waals surface area contributed by atoms with Crippen molar-refractivity contribution in [2.75, 3.05) is 0 Å². The Kier molecular flexibility index (Phi) is 3.28. The third-order valence-corrected chi connectivity index (χ3v) is 2.71. The number of H-pyrrole nitrogens is 1. The summed E-state index contributed by atoms with van der Waals surface area (Å²) in [5.74, 6) is -0.592. The number of halogens is 2. The van der Waals surface area contributed by atoms with Crippen molar-refractivity contribution in [3.8, 4) is 0 Å². The molecule has 0 aliphatic heterocycles. The SMILES string of the molecule is Cn1cnnc1CCn1c(=O)[nH]c(Cl)c(F)c1=O. The summed E-state index contributed by atoms with van der Waals surface area (Å²) in [5.41, 5.74) is -1.81. The van der Waals surface area contributed by atoms with E-state index < -0.39 is 22.2 Å². The Hall–Kier alpha value is -1.96. The lowest BCUT2D eigenvalue weighted by Crippen LogP contribution is -2.37. The van der Waals surface area contributed by atoms with Crippen LogP contribution in [0.4, 0.5) is 4.39 Å². The molecule has 2 rings (SSSR count). The van der Waals surface area contributed by atoms with Crippen molar-refractivity contribution in [1.82, 2.24) is 24.3 Å². The summed E-state index contributed by atoms with van der Waals surface area (Å²) in [6, 6.07) is 0. The van der Waals surface area contributed by atoms with E-state index in [9.17, 15) is 14.0 Å². The van der Waals surface area contributed by atoms with E-state index in [1.165, 1.54) is 6.33 Å². The van der Waals surface area contributed by atoms with Gasteiger partial charge in [0.1, 0.15) is 12.2 Å². The molecular formula is C9H9ClFN5O2. The molecule has 7 nitrogen and oxygen atoms in total. The predicted molar refractivity (Wildman–Crippen MR) is 61.0 cm³/mol. The third-order valence-electron chi connectivity index (χ3n) is 2.45. The first-order valence-electron chi connectivity index (χ1n) is 5.01. The largest absolute Gasteiger partial charge is 0.329 e. The molecule has 0 aliphatic carbocycles. The summed E-state index contributed by atoms with van der Waals surface area (Å²) in [6.45, 7) is -0.00517. The van der Waals surface area contributed by atoms with Gasteiger partial charge >= 0.3 is 5.69 Å². The van der Waals surface area contributed by atoms with Crippen molar-refractivity contribution in [2.45, 2.75) is 13.0 Å². The molecule has 9 heteroatoms. The maximum atomic E-state index is 13.2. The molecule has 2 aromatic heterocycles. The molecule has 0 aromatic carbocycles. The molecule has 1 N–H and O–H groups in total. The van der Waals surface area contributed by atoms with Crippen LogP contribution in [0.3, 0.4) is 0 Å². The number of aromatic nitrogens is 5. The second kappa shape index (κ2) is 4.73. The minimum Gasteiger partial charge on any atom is -0.321 e. The summed E-state index contributed by atoms with van der Waals surface area (Å²) in [5, 5.41) is 6.87. The van der Waals surface area contributed by atoms with Crippen LogP contribution in [0.5, 0.6) is 0 Å². The van der Waals surface area contributed by atoms with Gasteiger partial charge in [-0.25, -0.2) is 4.79 Å². The highest BCUT2D eigenvalue weighted by atomic mass is 35.5. The molecule has 0 unspecified atom stereocenters. The zero-order valence-electron chi connectivity index (χ0n) is 9.35. The van der Waals surface area contributed by atoms with Crippen LogP contribution in [0, 0.1) is 5.82 Å². The van der Waals surface area contributed by atoms with E-state index in [4.69, 9.17) is 11.6 Å². The maximum absolute atomic E-state index is 13.2. The van der Waals surface area contributed by atoms with Gasteiger partial charge in [0, 0.05) is 20.0 Å². The minimum absolute atomic E-state index is 0.00517. The summed E-state index contributed by atoms with van der Waals surface area (Å²) in [7, 11) is 1.73. The van der Waals surface area contributed by atoms with Crippen LogP contribution >= 0.6 is 11.6 Å². The van der Waals surface area contributed by atoms with Crippen molar-refractivity contribution in [3.63, 3.8) is 0 Å². The molecule has 0 spiro atoms. The first-order valence-corrected chi connectivity index (χ1v) is 5.39. The number of hydrogen-bond donors (Lipinski definition) is 1. The highest BCUT2D eigenvalue weighted by molar-refractivity contribution is 6.29. The smallest absolute Gasteiger partial charge is 0.321 e. The van der Waals surface area contributed by atoms with Gasteiger partial charge in [-0.1, -0.05) is 11.6 Å². The summed E-state index contributed by atoms with van der Waals surface area (Å²) < 4.78 is 15.6. The van der Waals surface area contributed by atoms with Gasteiger partial charge < -0.3 is 4.57 Å². The van der Waals surface area contributed by atoms with Crippen LogP contribution in [-0.2, 0) is 20.0 Å². The lowest BCUT2D eigenvalue weighted by atomic mass is 10.4. The van der Waals surface area contributed by atoms with Gasteiger partial charge in [0.05, 0.1) is 0 Å². The van der Waals surface area contributed by atoms with Crippen LogP contribution in [0.15, 0.2) is 15.9 Å². The zero-order valence-corrected chi connectivity index (χ0v) is 10.1.